The van der Waals surface area contributed by atoms with Crippen molar-refractivity contribution < 1.29 is 20.3 Å². The van der Waals surface area contributed by atoms with Crippen LogP contribution >= 0.6 is 0 Å². The van der Waals surface area contributed by atoms with Crippen LogP contribution in [0.3, 0.4) is 0 Å². The van der Waals surface area contributed by atoms with E-state index in [0.717, 1.165) is 5.92 Å². The second kappa shape index (κ2) is 4.75. The molecule has 0 aromatic heterocycles. The first-order chi connectivity index (χ1) is 7.30. The smallest absolute Gasteiger partial charge is 1.00 e. The van der Waals surface area contributed by atoms with Crippen LogP contribution in [0.25, 0.3) is 0 Å². The molecule has 1 spiro atoms. The Labute approximate surface area is 113 Å². The number of hydrogen-bond acceptors (Lipinski definition) is 0. The molecule has 0 aromatic carbocycles. The van der Waals surface area contributed by atoms with Crippen molar-refractivity contribution in [2.24, 2.45) is 11.3 Å². The van der Waals surface area contributed by atoms with E-state index in [4.69, 9.17) is 0 Å². The molecule has 2 saturated carbocycles. The van der Waals surface area contributed by atoms with E-state index in [1.54, 1.807) is 0 Å². The van der Waals surface area contributed by atoms with Crippen molar-refractivity contribution in [1.82, 2.24) is 0 Å². The molecule has 84 valence electrons. The van der Waals surface area contributed by atoms with Gasteiger partial charge in [-0.1, -0.05) is 49.0 Å². The van der Waals surface area contributed by atoms with Crippen LogP contribution in [0.5, 0.6) is 0 Å². The molecule has 1 atom stereocenters. The van der Waals surface area contributed by atoms with Crippen molar-refractivity contribution >= 4 is 0 Å². The van der Waals surface area contributed by atoms with Crippen LogP contribution in [0.2, 0.25) is 0 Å². The van der Waals surface area contributed by atoms with Gasteiger partial charge in [0.1, 0.15) is 0 Å². The minimum absolute atomic E-state index is 0. The fraction of sp³-hybridized carbons (Fsp3) is 0.733. The Balaban J connectivity index is 0.000000722. The molecule has 3 aliphatic carbocycles. The van der Waals surface area contributed by atoms with Crippen LogP contribution in [0.1, 0.15) is 59.7 Å². The van der Waals surface area contributed by atoms with E-state index in [9.17, 15) is 0 Å². The van der Waals surface area contributed by atoms with Crippen LogP contribution in [-0.2, 0) is 0 Å². The van der Waals surface area contributed by atoms with Crippen LogP contribution in [0.15, 0.2) is 23.3 Å². The molecule has 16 heavy (non-hydrogen) atoms. The molecule has 2 fully saturated rings. The summed E-state index contributed by atoms with van der Waals surface area (Å²) in [4.78, 5) is 0. The number of fused-ring (bicyclic) bond motifs is 2. The summed E-state index contributed by atoms with van der Waals surface area (Å²) in [5.41, 5.74) is 4.00. The maximum Gasteiger partial charge on any atom is 1.00 e. The van der Waals surface area contributed by atoms with Gasteiger partial charge in [0.15, 0.2) is 0 Å². The van der Waals surface area contributed by atoms with Gasteiger partial charge in [0.2, 0.25) is 0 Å². The summed E-state index contributed by atoms with van der Waals surface area (Å²) in [5, 5.41) is 0. The van der Waals surface area contributed by atoms with E-state index in [0.29, 0.717) is 5.41 Å². The summed E-state index contributed by atoms with van der Waals surface area (Å²) in [6, 6.07) is 0. The molecule has 0 radical (unpaired) electrons. The molecule has 3 aliphatic rings. The summed E-state index contributed by atoms with van der Waals surface area (Å²) in [6.07, 6.45) is 16.8. The van der Waals surface area contributed by atoms with Gasteiger partial charge in [-0.3, -0.25) is 0 Å². The molecule has 0 saturated heterocycles. The van der Waals surface area contributed by atoms with E-state index in [1.807, 2.05) is 5.57 Å². The van der Waals surface area contributed by atoms with Crippen molar-refractivity contribution in [3.8, 4) is 0 Å². The van der Waals surface area contributed by atoms with Crippen molar-refractivity contribution in [2.45, 2.75) is 58.3 Å². The molecule has 0 aromatic rings. The topological polar surface area (TPSA) is 0 Å². The molecule has 0 amide bonds. The van der Waals surface area contributed by atoms with E-state index in [-0.39, 0.29) is 20.3 Å². The minimum Gasteiger partial charge on any atom is -1.00 e. The summed E-state index contributed by atoms with van der Waals surface area (Å²) in [6.45, 7) is 2.28. The zero-order chi connectivity index (χ0) is 10.3. The zero-order valence-corrected chi connectivity index (χ0v) is 10.9. The molecule has 0 nitrogen and oxygen atoms in total. The molecule has 0 N–H and O–H groups in total. The molecule has 0 heterocycles. The molecule has 1 unspecified atom stereocenters. The van der Waals surface area contributed by atoms with Gasteiger partial charge in [0.25, 0.3) is 0 Å². The second-order valence-electron chi connectivity index (χ2n) is 5.85. The average Bonchev–Trinajstić information content (AvgIpc) is 2.62. The number of rotatable bonds is 0. The Bertz CT molecular complexity index is 318. The molecule has 0 bridgehead atoms. The predicted octanol–water partition coefficient (Wildman–Crippen LogP) is 1.74. The van der Waals surface area contributed by atoms with Crippen molar-refractivity contribution in [2.75, 3.05) is 0 Å². The quantitative estimate of drug-likeness (QED) is 0.534. The van der Waals surface area contributed by atoms with E-state index >= 15 is 0 Å². The molecule has 0 aliphatic heterocycles. The first-order valence-corrected chi connectivity index (χ1v) is 6.71. The molecule has 3 rings (SSSR count). The Hall–Kier alpha value is 0.0774. The second-order valence-corrected chi connectivity index (χ2v) is 5.85. The summed E-state index contributed by atoms with van der Waals surface area (Å²) < 4.78 is 0. The monoisotopic (exact) mass is 210 g/mol. The van der Waals surface area contributed by atoms with Gasteiger partial charge in [0.05, 0.1) is 0 Å². The average molecular weight is 210 g/mol. The van der Waals surface area contributed by atoms with Gasteiger partial charge in [0, 0.05) is 0 Å². The first-order valence-electron chi connectivity index (χ1n) is 6.71. The fourth-order valence-corrected chi connectivity index (χ4v) is 4.16. The van der Waals surface area contributed by atoms with E-state index in [2.05, 4.69) is 19.1 Å². The minimum atomic E-state index is 0. The van der Waals surface area contributed by atoms with Crippen LogP contribution in [-0.4, -0.2) is 0 Å². The Morgan fingerprint density at radius 1 is 1.12 bits per heavy atom. The van der Waals surface area contributed by atoms with Crippen LogP contribution in [0, 0.1) is 11.3 Å². The molecule has 1 heteroatoms. The van der Waals surface area contributed by atoms with Gasteiger partial charge in [-0.2, -0.15) is 0 Å². The van der Waals surface area contributed by atoms with Gasteiger partial charge in [-0.05, 0) is 43.9 Å². The predicted molar refractivity (Wildman–Crippen MR) is 65.8 cm³/mol. The molecular formula is C15H23Li. The van der Waals surface area contributed by atoms with Crippen LogP contribution < -0.4 is 18.9 Å². The SMILES string of the molecule is CC1=CC2CCCC3(CCCCC3)C2=C1.[H-].[Li+]. The third-order valence-corrected chi connectivity index (χ3v) is 4.84. The maximum atomic E-state index is 2.52. The number of hydrogen-bond donors (Lipinski definition) is 0. The normalized spacial score (nSPS) is 31.4. The maximum absolute atomic E-state index is 2.52. The third kappa shape index (κ3) is 1.96. The van der Waals surface area contributed by atoms with Gasteiger partial charge in [-0.25, -0.2) is 0 Å². The summed E-state index contributed by atoms with van der Waals surface area (Å²) >= 11 is 0. The van der Waals surface area contributed by atoms with Gasteiger partial charge >= 0.3 is 18.9 Å². The fourth-order valence-electron chi connectivity index (χ4n) is 4.16. The van der Waals surface area contributed by atoms with Crippen LogP contribution in [0.4, 0.5) is 0 Å². The zero-order valence-electron chi connectivity index (χ0n) is 11.9. The standard InChI is InChI=1S/C15H22.Li.H/c1-12-10-13-6-5-9-15(14(13)11-12)7-3-2-4-8-15;;/h10-11,13H,2-9H2,1H3;;/q;+1;-1. The first kappa shape index (κ1) is 12.5. The summed E-state index contributed by atoms with van der Waals surface area (Å²) in [7, 11) is 0. The largest absolute Gasteiger partial charge is 1.00 e. The Kier molecular flexibility index (Phi) is 3.72. The third-order valence-electron chi connectivity index (χ3n) is 4.84. The Morgan fingerprint density at radius 3 is 2.56 bits per heavy atom. The van der Waals surface area contributed by atoms with Gasteiger partial charge in [-0.15, -0.1) is 0 Å². The van der Waals surface area contributed by atoms with Gasteiger partial charge < -0.3 is 1.43 Å². The van der Waals surface area contributed by atoms with Crippen molar-refractivity contribution in [1.29, 1.82) is 0 Å². The van der Waals surface area contributed by atoms with E-state index < -0.39 is 0 Å². The van der Waals surface area contributed by atoms with Crippen molar-refractivity contribution in [3.63, 3.8) is 0 Å². The summed E-state index contributed by atoms with van der Waals surface area (Å²) in [5.74, 6) is 0.830. The van der Waals surface area contributed by atoms with Crippen molar-refractivity contribution in [3.05, 3.63) is 23.3 Å². The van der Waals surface area contributed by atoms with E-state index in [1.165, 1.54) is 56.9 Å². The number of allylic oxidation sites excluding steroid dienone is 4. The Morgan fingerprint density at radius 2 is 1.81 bits per heavy atom. The molecular weight excluding hydrogens is 187 g/mol.